The Kier molecular flexibility index (Phi) is 6.46. The normalized spacial score (nSPS) is 10.3. The number of aromatic nitrogens is 2. The van der Waals surface area contributed by atoms with E-state index in [1.54, 1.807) is 23.0 Å². The number of anilines is 1. The third-order valence-corrected chi connectivity index (χ3v) is 4.07. The molecule has 1 heterocycles. The molecule has 0 saturated carbocycles. The second-order valence-corrected chi connectivity index (χ2v) is 6.46. The van der Waals surface area contributed by atoms with E-state index in [2.05, 4.69) is 27.9 Å². The predicted octanol–water partition coefficient (Wildman–Crippen LogP) is 4.10. The molecule has 7 heteroatoms. The maximum Gasteiger partial charge on any atom is 0.180 e. The lowest BCUT2D eigenvalue weighted by molar-refractivity contribution is 0.221. The van der Waals surface area contributed by atoms with Crippen molar-refractivity contribution >= 4 is 34.6 Å². The number of thiocarbonyl (C=S) groups is 1. The number of rotatable bonds is 7. The Hall–Kier alpha value is -2.57. The molecule has 3 rings (SSSR count). The summed E-state index contributed by atoms with van der Waals surface area (Å²) >= 11 is 11.2. The molecule has 0 aliphatic heterocycles. The predicted molar refractivity (Wildman–Crippen MR) is 109 cm³/mol. The van der Waals surface area contributed by atoms with Gasteiger partial charge in [0.1, 0.15) is 5.75 Å². The van der Waals surface area contributed by atoms with Crippen LogP contribution < -0.4 is 15.4 Å². The lowest BCUT2D eigenvalue weighted by atomic mass is 10.1. The van der Waals surface area contributed by atoms with E-state index in [0.29, 0.717) is 15.9 Å². The number of ether oxygens (including phenoxy) is 1. The van der Waals surface area contributed by atoms with Gasteiger partial charge in [0.2, 0.25) is 0 Å². The van der Waals surface area contributed by atoms with Gasteiger partial charge in [0, 0.05) is 11.6 Å². The van der Waals surface area contributed by atoms with Crippen LogP contribution in [-0.4, -0.2) is 21.4 Å². The molecule has 134 valence electrons. The highest BCUT2D eigenvalue weighted by atomic mass is 35.5. The van der Waals surface area contributed by atoms with Crippen LogP contribution in [0.5, 0.6) is 5.75 Å². The van der Waals surface area contributed by atoms with Gasteiger partial charge in [-0.3, -0.25) is 0 Å². The minimum Gasteiger partial charge on any atom is -0.471 e. The van der Waals surface area contributed by atoms with Crippen LogP contribution in [0.3, 0.4) is 0 Å². The second kappa shape index (κ2) is 9.22. The van der Waals surface area contributed by atoms with Crippen LogP contribution in [0, 0.1) is 0 Å². The molecule has 5 nitrogen and oxygen atoms in total. The van der Waals surface area contributed by atoms with Gasteiger partial charge in [-0.15, -0.1) is 0 Å². The van der Waals surface area contributed by atoms with Crippen molar-refractivity contribution in [2.75, 3.05) is 11.9 Å². The Morgan fingerprint density at radius 2 is 2.00 bits per heavy atom. The zero-order valence-corrected chi connectivity index (χ0v) is 15.6. The van der Waals surface area contributed by atoms with Crippen molar-refractivity contribution in [1.82, 2.24) is 15.1 Å². The van der Waals surface area contributed by atoms with Crippen LogP contribution in [0.25, 0.3) is 0 Å². The molecule has 0 radical (unpaired) electrons. The topological polar surface area (TPSA) is 51.1 Å². The molecule has 1 aromatic heterocycles. The first kappa shape index (κ1) is 18.2. The Balaban J connectivity index is 1.42. The molecule has 2 N–H and O–H groups in total. The fourth-order valence-corrected chi connectivity index (χ4v) is 2.74. The summed E-state index contributed by atoms with van der Waals surface area (Å²) in [5.74, 6) is 0.695. The van der Waals surface area contributed by atoms with Gasteiger partial charge in [-0.25, -0.2) is 4.68 Å². The molecule has 0 aliphatic carbocycles. The summed E-state index contributed by atoms with van der Waals surface area (Å²) in [5, 5.41) is 11.8. The van der Waals surface area contributed by atoms with Gasteiger partial charge in [0.25, 0.3) is 0 Å². The number of halogens is 1. The molecule has 0 aliphatic rings. The van der Waals surface area contributed by atoms with Gasteiger partial charge < -0.3 is 15.4 Å². The molecule has 0 unspecified atom stereocenters. The molecule has 0 bridgehead atoms. The molecule has 0 atom stereocenters. The zero-order chi connectivity index (χ0) is 18.2. The number of nitrogens with zero attached hydrogens (tertiary/aromatic N) is 2. The Morgan fingerprint density at radius 1 is 1.15 bits per heavy atom. The lowest BCUT2D eigenvalue weighted by Crippen LogP contribution is -2.30. The van der Waals surface area contributed by atoms with Crippen molar-refractivity contribution in [1.29, 1.82) is 0 Å². The van der Waals surface area contributed by atoms with Crippen LogP contribution >= 0.6 is 23.8 Å². The summed E-state index contributed by atoms with van der Waals surface area (Å²) < 4.78 is 7.32. The van der Waals surface area contributed by atoms with E-state index in [9.17, 15) is 0 Å². The standard InChI is InChI=1S/C19H19ClN4OS/c20-16-7-4-8-18(11-16)25-14-24-13-17(12-22-24)23-19(26)21-10-9-15-5-2-1-3-6-15/h1-8,11-13H,9-10,14H2,(H2,21,23,26). The summed E-state index contributed by atoms with van der Waals surface area (Å²) in [4.78, 5) is 0. The first-order chi connectivity index (χ1) is 12.7. The van der Waals surface area contributed by atoms with Gasteiger partial charge >= 0.3 is 0 Å². The molecular formula is C19H19ClN4OS. The summed E-state index contributed by atoms with van der Waals surface area (Å²) in [6.07, 6.45) is 4.44. The molecule has 3 aromatic rings. The summed E-state index contributed by atoms with van der Waals surface area (Å²) in [6, 6.07) is 17.5. The van der Waals surface area contributed by atoms with Crippen molar-refractivity contribution < 1.29 is 4.74 Å². The fourth-order valence-electron chi connectivity index (χ4n) is 2.34. The SMILES string of the molecule is S=C(NCCc1ccccc1)Nc1cnn(COc2cccc(Cl)c2)c1. The first-order valence-corrected chi connectivity index (χ1v) is 8.97. The maximum absolute atomic E-state index is 5.94. The van der Waals surface area contributed by atoms with Crippen LogP contribution in [0.4, 0.5) is 5.69 Å². The molecule has 26 heavy (non-hydrogen) atoms. The van der Waals surface area contributed by atoms with E-state index in [1.807, 2.05) is 36.5 Å². The lowest BCUT2D eigenvalue weighted by Gasteiger charge is -2.09. The average Bonchev–Trinajstić information content (AvgIpc) is 3.08. The van der Waals surface area contributed by atoms with Gasteiger partial charge in [-0.2, -0.15) is 5.10 Å². The highest BCUT2D eigenvalue weighted by Crippen LogP contribution is 2.17. The smallest absolute Gasteiger partial charge is 0.180 e. The van der Waals surface area contributed by atoms with Crippen molar-refractivity contribution in [3.05, 3.63) is 77.6 Å². The molecule has 0 fully saturated rings. The van der Waals surface area contributed by atoms with E-state index in [4.69, 9.17) is 28.6 Å². The van der Waals surface area contributed by atoms with E-state index in [1.165, 1.54) is 5.56 Å². The monoisotopic (exact) mass is 386 g/mol. The van der Waals surface area contributed by atoms with Crippen molar-refractivity contribution in [2.45, 2.75) is 13.2 Å². The number of benzene rings is 2. The van der Waals surface area contributed by atoms with Crippen molar-refractivity contribution in [2.24, 2.45) is 0 Å². The number of hydrogen-bond donors (Lipinski definition) is 2. The quantitative estimate of drug-likeness (QED) is 0.599. The van der Waals surface area contributed by atoms with Crippen molar-refractivity contribution in [3.8, 4) is 5.75 Å². The number of nitrogens with one attached hydrogen (secondary N) is 2. The fraction of sp³-hybridized carbons (Fsp3) is 0.158. The van der Waals surface area contributed by atoms with Gasteiger partial charge in [-0.1, -0.05) is 48.0 Å². The Bertz CT molecular complexity index is 854. The largest absolute Gasteiger partial charge is 0.471 e. The van der Waals surface area contributed by atoms with E-state index in [-0.39, 0.29) is 6.73 Å². The van der Waals surface area contributed by atoms with E-state index < -0.39 is 0 Å². The van der Waals surface area contributed by atoms with Gasteiger partial charge in [-0.05, 0) is 42.4 Å². The third kappa shape index (κ3) is 5.75. The molecule has 2 aromatic carbocycles. The number of hydrogen-bond acceptors (Lipinski definition) is 3. The highest BCUT2D eigenvalue weighted by molar-refractivity contribution is 7.80. The second-order valence-electron chi connectivity index (χ2n) is 5.62. The summed E-state index contributed by atoms with van der Waals surface area (Å²) in [7, 11) is 0. The Labute approximate surface area is 162 Å². The minimum atomic E-state index is 0.288. The summed E-state index contributed by atoms with van der Waals surface area (Å²) in [6.45, 7) is 1.05. The van der Waals surface area contributed by atoms with Crippen LogP contribution in [-0.2, 0) is 13.2 Å². The zero-order valence-electron chi connectivity index (χ0n) is 14.1. The van der Waals surface area contributed by atoms with Gasteiger partial charge in [0.05, 0.1) is 18.1 Å². The van der Waals surface area contributed by atoms with E-state index >= 15 is 0 Å². The average molecular weight is 387 g/mol. The molecule has 0 saturated heterocycles. The maximum atomic E-state index is 5.94. The first-order valence-electron chi connectivity index (χ1n) is 8.19. The van der Waals surface area contributed by atoms with Crippen LogP contribution in [0.1, 0.15) is 5.56 Å². The van der Waals surface area contributed by atoms with E-state index in [0.717, 1.165) is 18.7 Å². The molecule has 0 spiro atoms. The molecular weight excluding hydrogens is 368 g/mol. The summed E-state index contributed by atoms with van der Waals surface area (Å²) in [5.41, 5.74) is 2.07. The molecule has 0 amide bonds. The van der Waals surface area contributed by atoms with Gasteiger partial charge in [0.15, 0.2) is 11.8 Å². The van der Waals surface area contributed by atoms with Crippen molar-refractivity contribution in [3.63, 3.8) is 0 Å². The highest BCUT2D eigenvalue weighted by Gasteiger charge is 2.02. The van der Waals surface area contributed by atoms with Crippen LogP contribution in [0.2, 0.25) is 5.02 Å². The minimum absolute atomic E-state index is 0.288. The third-order valence-electron chi connectivity index (χ3n) is 3.59. The Morgan fingerprint density at radius 3 is 2.81 bits per heavy atom. The van der Waals surface area contributed by atoms with Crippen LogP contribution in [0.15, 0.2) is 67.0 Å².